The molecular formula is C18H20F2N2O4. The largest absolute Gasteiger partial charge is 0.467 e. The van der Waals surface area contributed by atoms with E-state index in [1.807, 2.05) is 0 Å². The fraction of sp³-hybridized carbons (Fsp3) is 0.389. The highest BCUT2D eigenvalue weighted by molar-refractivity contribution is 5.87. The van der Waals surface area contributed by atoms with E-state index < -0.39 is 23.1 Å². The van der Waals surface area contributed by atoms with Crippen molar-refractivity contribution in [3.8, 4) is 11.3 Å². The van der Waals surface area contributed by atoms with Crippen LogP contribution in [-0.2, 0) is 20.7 Å². The van der Waals surface area contributed by atoms with Crippen LogP contribution < -0.4 is 5.32 Å². The van der Waals surface area contributed by atoms with Gasteiger partial charge < -0.3 is 14.5 Å². The summed E-state index contributed by atoms with van der Waals surface area (Å²) in [5, 5.41) is 2.63. The van der Waals surface area contributed by atoms with Gasteiger partial charge in [0.1, 0.15) is 17.2 Å². The zero-order chi connectivity index (χ0) is 19.3. The van der Waals surface area contributed by atoms with Crippen molar-refractivity contribution in [3.63, 3.8) is 0 Å². The summed E-state index contributed by atoms with van der Waals surface area (Å²) in [6, 6.07) is 3.13. The Morgan fingerprint density at radius 3 is 2.69 bits per heavy atom. The Kier molecular flexibility index (Phi) is 6.07. The summed E-state index contributed by atoms with van der Waals surface area (Å²) in [4.78, 5) is 27.8. The molecule has 0 bridgehead atoms. The van der Waals surface area contributed by atoms with Crippen molar-refractivity contribution in [2.45, 2.75) is 38.6 Å². The van der Waals surface area contributed by atoms with E-state index >= 15 is 0 Å². The Morgan fingerprint density at radius 1 is 1.35 bits per heavy atom. The number of nitrogens with one attached hydrogen (secondary N) is 1. The number of carbonyl (C=O) groups excluding carboxylic acids is 2. The molecule has 0 aliphatic carbocycles. The van der Waals surface area contributed by atoms with Crippen LogP contribution in [0.4, 0.5) is 8.78 Å². The van der Waals surface area contributed by atoms with Crippen LogP contribution in [0.2, 0.25) is 0 Å². The van der Waals surface area contributed by atoms with E-state index in [1.165, 1.54) is 19.4 Å². The molecule has 26 heavy (non-hydrogen) atoms. The minimum atomic E-state index is -1.11. The van der Waals surface area contributed by atoms with Crippen molar-refractivity contribution in [2.75, 3.05) is 7.11 Å². The summed E-state index contributed by atoms with van der Waals surface area (Å²) in [5.41, 5.74) is -1.02. The van der Waals surface area contributed by atoms with Gasteiger partial charge in [0, 0.05) is 18.9 Å². The normalized spacial score (nSPS) is 13.1. The maximum absolute atomic E-state index is 13.8. The third-order valence-corrected chi connectivity index (χ3v) is 4.07. The first-order valence-electron chi connectivity index (χ1n) is 8.08. The van der Waals surface area contributed by atoms with Crippen LogP contribution in [0, 0.1) is 11.6 Å². The van der Waals surface area contributed by atoms with Gasteiger partial charge in [0.15, 0.2) is 11.7 Å². The molecule has 0 radical (unpaired) electrons. The van der Waals surface area contributed by atoms with Gasteiger partial charge in [0.2, 0.25) is 5.91 Å². The van der Waals surface area contributed by atoms with Gasteiger partial charge in [-0.3, -0.25) is 4.79 Å². The molecule has 1 N–H and O–H groups in total. The topological polar surface area (TPSA) is 81.4 Å². The van der Waals surface area contributed by atoms with Crippen molar-refractivity contribution in [1.29, 1.82) is 0 Å². The fourth-order valence-corrected chi connectivity index (χ4v) is 2.34. The minimum Gasteiger partial charge on any atom is -0.467 e. The maximum atomic E-state index is 13.8. The number of amides is 1. The summed E-state index contributed by atoms with van der Waals surface area (Å²) in [5.74, 6) is -1.97. The van der Waals surface area contributed by atoms with Crippen LogP contribution in [0.5, 0.6) is 0 Å². The van der Waals surface area contributed by atoms with Gasteiger partial charge in [0.05, 0.1) is 18.9 Å². The quantitative estimate of drug-likeness (QED) is 0.762. The van der Waals surface area contributed by atoms with Crippen LogP contribution in [0.1, 0.15) is 32.6 Å². The summed E-state index contributed by atoms with van der Waals surface area (Å²) >= 11 is 0. The number of rotatable bonds is 7. The first-order chi connectivity index (χ1) is 12.3. The number of halogens is 2. The summed E-state index contributed by atoms with van der Waals surface area (Å²) < 4.78 is 36.8. The van der Waals surface area contributed by atoms with E-state index in [-0.39, 0.29) is 36.0 Å². The van der Waals surface area contributed by atoms with Gasteiger partial charge in [0.25, 0.3) is 0 Å². The molecule has 140 valence electrons. The Hall–Kier alpha value is -2.77. The first-order valence-corrected chi connectivity index (χ1v) is 8.08. The SMILES string of the molecule is CC[C@@](C)(NC(=O)CCc1ncc(-c2ccc(F)cc2F)o1)C(=O)OC. The van der Waals surface area contributed by atoms with Gasteiger partial charge in [-0.2, -0.15) is 0 Å². The maximum Gasteiger partial charge on any atom is 0.331 e. The lowest BCUT2D eigenvalue weighted by atomic mass is 9.99. The fourth-order valence-electron chi connectivity index (χ4n) is 2.34. The second-order valence-electron chi connectivity index (χ2n) is 5.97. The molecule has 1 aromatic carbocycles. The molecule has 0 saturated carbocycles. The smallest absolute Gasteiger partial charge is 0.331 e. The molecule has 8 heteroatoms. The van der Waals surface area contributed by atoms with E-state index in [1.54, 1.807) is 13.8 Å². The highest BCUT2D eigenvalue weighted by atomic mass is 19.1. The lowest BCUT2D eigenvalue weighted by molar-refractivity contribution is -0.150. The minimum absolute atomic E-state index is 0.0262. The number of hydrogen-bond donors (Lipinski definition) is 1. The Bertz CT molecular complexity index is 806. The highest BCUT2D eigenvalue weighted by Crippen LogP contribution is 2.24. The zero-order valence-corrected chi connectivity index (χ0v) is 14.8. The number of methoxy groups -OCH3 is 1. The molecule has 0 aliphatic rings. The van der Waals surface area contributed by atoms with Crippen molar-refractivity contribution in [3.05, 3.63) is 41.9 Å². The van der Waals surface area contributed by atoms with E-state index in [4.69, 9.17) is 9.15 Å². The molecule has 0 unspecified atom stereocenters. The van der Waals surface area contributed by atoms with Crippen molar-refractivity contribution >= 4 is 11.9 Å². The average molecular weight is 366 g/mol. The van der Waals surface area contributed by atoms with Crippen LogP contribution in [-0.4, -0.2) is 29.5 Å². The number of carbonyl (C=O) groups is 2. The lowest BCUT2D eigenvalue weighted by Crippen LogP contribution is -2.52. The van der Waals surface area contributed by atoms with Gasteiger partial charge >= 0.3 is 5.97 Å². The number of esters is 1. The summed E-state index contributed by atoms with van der Waals surface area (Å²) in [6.07, 6.45) is 1.88. The molecule has 0 fully saturated rings. The van der Waals surface area contributed by atoms with Gasteiger partial charge in [-0.05, 0) is 25.5 Å². The molecular weight excluding hydrogens is 346 g/mol. The second-order valence-corrected chi connectivity index (χ2v) is 5.97. The van der Waals surface area contributed by atoms with Crippen molar-refractivity contribution in [2.24, 2.45) is 0 Å². The van der Waals surface area contributed by atoms with Crippen LogP contribution in [0.25, 0.3) is 11.3 Å². The van der Waals surface area contributed by atoms with Crippen LogP contribution in [0.3, 0.4) is 0 Å². The predicted octanol–water partition coefficient (Wildman–Crippen LogP) is 3.01. The molecule has 2 aromatic rings. The molecule has 2 rings (SSSR count). The second kappa shape index (κ2) is 8.07. The predicted molar refractivity (Wildman–Crippen MR) is 89.0 cm³/mol. The Labute approximate surface area is 149 Å². The van der Waals surface area contributed by atoms with Crippen LogP contribution >= 0.6 is 0 Å². The van der Waals surface area contributed by atoms with Gasteiger partial charge in [-0.15, -0.1) is 0 Å². The molecule has 0 aliphatic heterocycles. The van der Waals surface area contributed by atoms with E-state index in [9.17, 15) is 18.4 Å². The molecule has 1 atom stereocenters. The monoisotopic (exact) mass is 366 g/mol. The number of nitrogens with zero attached hydrogens (tertiary/aromatic N) is 1. The summed E-state index contributed by atoms with van der Waals surface area (Å²) in [6.45, 7) is 3.34. The number of ether oxygens (including phenoxy) is 1. The number of oxazole rings is 1. The first kappa shape index (κ1) is 19.6. The van der Waals surface area contributed by atoms with E-state index in [2.05, 4.69) is 10.3 Å². The molecule has 0 saturated heterocycles. The van der Waals surface area contributed by atoms with Crippen molar-refractivity contribution in [1.82, 2.24) is 10.3 Å². The molecule has 1 amide bonds. The Balaban J connectivity index is 1.99. The zero-order valence-electron chi connectivity index (χ0n) is 14.8. The van der Waals surface area contributed by atoms with Gasteiger partial charge in [-0.1, -0.05) is 6.92 Å². The third kappa shape index (κ3) is 4.44. The van der Waals surface area contributed by atoms with E-state index in [0.29, 0.717) is 6.42 Å². The number of hydrogen-bond acceptors (Lipinski definition) is 5. The highest BCUT2D eigenvalue weighted by Gasteiger charge is 2.33. The summed E-state index contributed by atoms with van der Waals surface area (Å²) in [7, 11) is 1.26. The lowest BCUT2D eigenvalue weighted by Gasteiger charge is -2.26. The van der Waals surface area contributed by atoms with Gasteiger partial charge in [-0.25, -0.2) is 18.6 Å². The Morgan fingerprint density at radius 2 is 2.08 bits per heavy atom. The number of aryl methyl sites for hydroxylation is 1. The molecule has 6 nitrogen and oxygen atoms in total. The molecule has 1 heterocycles. The standard InChI is InChI=1S/C18H20F2N2O4/c1-4-18(2,17(24)25-3)22-15(23)7-8-16-21-10-14(26-16)12-6-5-11(19)9-13(12)20/h5-6,9-10H,4,7-8H2,1-3H3,(H,22,23)/t18-/m1/s1. The van der Waals surface area contributed by atoms with Crippen molar-refractivity contribution < 1.29 is 27.5 Å². The average Bonchev–Trinajstić information content (AvgIpc) is 3.07. The number of aromatic nitrogens is 1. The molecule has 1 aromatic heterocycles. The van der Waals surface area contributed by atoms with E-state index in [0.717, 1.165) is 12.1 Å². The third-order valence-electron chi connectivity index (χ3n) is 4.07. The molecule has 0 spiro atoms. The van der Waals surface area contributed by atoms with Crippen LogP contribution in [0.15, 0.2) is 28.8 Å². The number of benzene rings is 1.